The highest BCUT2D eigenvalue weighted by Gasteiger charge is 2.29. The van der Waals surface area contributed by atoms with E-state index in [0.717, 1.165) is 37.0 Å². The summed E-state index contributed by atoms with van der Waals surface area (Å²) >= 11 is 0. The summed E-state index contributed by atoms with van der Waals surface area (Å²) in [5, 5.41) is 4.23. The van der Waals surface area contributed by atoms with E-state index in [1.807, 2.05) is 43.1 Å². The molecule has 0 bridgehead atoms. The molecule has 1 aliphatic heterocycles. The molecule has 0 radical (unpaired) electrons. The van der Waals surface area contributed by atoms with Gasteiger partial charge in [-0.2, -0.15) is 5.10 Å². The largest absolute Gasteiger partial charge is 0.340 e. The van der Waals surface area contributed by atoms with Crippen molar-refractivity contribution in [3.05, 3.63) is 35.9 Å². The van der Waals surface area contributed by atoms with Gasteiger partial charge in [0.1, 0.15) is 0 Å². The van der Waals surface area contributed by atoms with Gasteiger partial charge in [0.15, 0.2) is 0 Å². The number of hydrogen-bond acceptors (Lipinski definition) is 4. The van der Waals surface area contributed by atoms with Crippen LogP contribution in [-0.4, -0.2) is 32.8 Å². The topological polar surface area (TPSA) is 46.8 Å². The third kappa shape index (κ3) is 2.20. The molecular weight excluding hydrogens is 226 g/mol. The van der Waals surface area contributed by atoms with Crippen molar-refractivity contribution in [2.45, 2.75) is 20.4 Å². The lowest BCUT2D eigenvalue weighted by Crippen LogP contribution is -2.49. The molecule has 0 aliphatic carbocycles. The Hall–Kier alpha value is -1.91. The molecule has 0 amide bonds. The lowest BCUT2D eigenvalue weighted by atomic mass is 10.0. The minimum atomic E-state index is 0.648. The molecule has 0 spiro atoms. The van der Waals surface area contributed by atoms with Crippen LogP contribution in [0.1, 0.15) is 11.4 Å². The van der Waals surface area contributed by atoms with Gasteiger partial charge in [-0.3, -0.25) is 4.68 Å². The van der Waals surface area contributed by atoms with Crippen molar-refractivity contribution < 1.29 is 0 Å². The van der Waals surface area contributed by atoms with Crippen molar-refractivity contribution >= 4 is 5.95 Å². The highest BCUT2D eigenvalue weighted by Crippen LogP contribution is 2.22. The van der Waals surface area contributed by atoms with Crippen LogP contribution in [0.3, 0.4) is 0 Å². The second-order valence-corrected chi connectivity index (χ2v) is 4.95. The van der Waals surface area contributed by atoms with Crippen LogP contribution in [0.2, 0.25) is 0 Å². The van der Waals surface area contributed by atoms with Crippen LogP contribution in [0.4, 0.5) is 5.95 Å². The van der Waals surface area contributed by atoms with Gasteiger partial charge in [-0.05, 0) is 26.0 Å². The number of nitrogens with zero attached hydrogens (tertiary/aromatic N) is 5. The molecule has 1 saturated heterocycles. The average molecular weight is 243 g/mol. The van der Waals surface area contributed by atoms with Gasteiger partial charge in [-0.25, -0.2) is 9.97 Å². The fourth-order valence-electron chi connectivity index (χ4n) is 2.37. The Balaban J connectivity index is 1.61. The average Bonchev–Trinajstić information content (AvgIpc) is 2.73. The van der Waals surface area contributed by atoms with Gasteiger partial charge in [0.05, 0.1) is 0 Å². The predicted molar refractivity (Wildman–Crippen MR) is 69.4 cm³/mol. The monoisotopic (exact) mass is 243 g/mol. The van der Waals surface area contributed by atoms with Gasteiger partial charge in [0.25, 0.3) is 0 Å². The summed E-state index contributed by atoms with van der Waals surface area (Å²) in [6.07, 6.45) is 3.83. The Morgan fingerprint density at radius 3 is 2.56 bits per heavy atom. The quantitative estimate of drug-likeness (QED) is 0.818. The lowest BCUT2D eigenvalue weighted by molar-refractivity contribution is 0.338. The highest BCUT2D eigenvalue weighted by atomic mass is 15.3. The van der Waals surface area contributed by atoms with Gasteiger partial charge < -0.3 is 4.90 Å². The first-order valence-corrected chi connectivity index (χ1v) is 6.25. The van der Waals surface area contributed by atoms with Crippen molar-refractivity contribution in [3.8, 4) is 0 Å². The molecule has 18 heavy (non-hydrogen) atoms. The number of aromatic nitrogens is 4. The normalized spacial score (nSPS) is 15.8. The van der Waals surface area contributed by atoms with Crippen LogP contribution in [0.5, 0.6) is 0 Å². The Labute approximate surface area is 106 Å². The molecule has 2 aromatic heterocycles. The number of anilines is 1. The molecule has 5 nitrogen and oxygen atoms in total. The van der Waals surface area contributed by atoms with Crippen molar-refractivity contribution in [2.75, 3.05) is 18.0 Å². The predicted octanol–water partition coefficient (Wildman–Crippen LogP) is 1.43. The van der Waals surface area contributed by atoms with Crippen molar-refractivity contribution in [3.63, 3.8) is 0 Å². The fraction of sp³-hybridized carbons (Fsp3) is 0.462. The zero-order valence-corrected chi connectivity index (χ0v) is 10.7. The number of hydrogen-bond donors (Lipinski definition) is 0. The second-order valence-electron chi connectivity index (χ2n) is 4.95. The Morgan fingerprint density at radius 2 is 1.94 bits per heavy atom. The first kappa shape index (κ1) is 11.2. The molecule has 5 heteroatoms. The van der Waals surface area contributed by atoms with Gasteiger partial charge in [0.2, 0.25) is 5.95 Å². The van der Waals surface area contributed by atoms with Crippen molar-refractivity contribution in [1.82, 2.24) is 19.7 Å². The van der Waals surface area contributed by atoms with E-state index < -0.39 is 0 Å². The Morgan fingerprint density at radius 1 is 1.22 bits per heavy atom. The third-order valence-corrected chi connectivity index (χ3v) is 3.21. The molecule has 94 valence electrons. The standard InChI is InChI=1S/C13H17N5/c1-10-6-11(2)16-13(15-10)17-7-12(8-17)9-18-5-3-4-14-18/h3-6,12H,7-9H2,1-2H3. The minimum absolute atomic E-state index is 0.648. The summed E-state index contributed by atoms with van der Waals surface area (Å²) < 4.78 is 1.99. The first-order valence-electron chi connectivity index (χ1n) is 6.25. The van der Waals surface area contributed by atoms with Crippen LogP contribution in [0.15, 0.2) is 24.5 Å². The van der Waals surface area contributed by atoms with Crippen molar-refractivity contribution in [2.24, 2.45) is 5.92 Å². The van der Waals surface area contributed by atoms with E-state index in [1.165, 1.54) is 0 Å². The number of rotatable bonds is 3. The van der Waals surface area contributed by atoms with E-state index in [-0.39, 0.29) is 0 Å². The Kier molecular flexibility index (Phi) is 2.74. The van der Waals surface area contributed by atoms with Crippen LogP contribution in [0, 0.1) is 19.8 Å². The van der Waals surface area contributed by atoms with Gasteiger partial charge in [-0.15, -0.1) is 0 Å². The second kappa shape index (κ2) is 4.40. The van der Waals surface area contributed by atoms with Crippen LogP contribution in [0.25, 0.3) is 0 Å². The molecule has 0 atom stereocenters. The van der Waals surface area contributed by atoms with E-state index in [9.17, 15) is 0 Å². The summed E-state index contributed by atoms with van der Waals surface area (Å²) in [7, 11) is 0. The summed E-state index contributed by atoms with van der Waals surface area (Å²) in [6, 6.07) is 3.97. The molecule has 0 saturated carbocycles. The molecule has 0 unspecified atom stereocenters. The van der Waals surface area contributed by atoms with E-state index >= 15 is 0 Å². The molecule has 1 fully saturated rings. The molecule has 2 aromatic rings. The van der Waals surface area contributed by atoms with Gasteiger partial charge in [0, 0.05) is 49.3 Å². The zero-order valence-electron chi connectivity index (χ0n) is 10.7. The van der Waals surface area contributed by atoms with Gasteiger partial charge >= 0.3 is 0 Å². The van der Waals surface area contributed by atoms with Crippen LogP contribution < -0.4 is 4.90 Å². The van der Waals surface area contributed by atoms with E-state index in [1.54, 1.807) is 0 Å². The summed E-state index contributed by atoms with van der Waals surface area (Å²) in [4.78, 5) is 11.2. The molecule has 0 aromatic carbocycles. The molecular formula is C13H17N5. The van der Waals surface area contributed by atoms with E-state index in [2.05, 4.69) is 20.0 Å². The Bertz CT molecular complexity index is 508. The van der Waals surface area contributed by atoms with Crippen LogP contribution in [-0.2, 0) is 6.54 Å². The van der Waals surface area contributed by atoms with Crippen molar-refractivity contribution in [1.29, 1.82) is 0 Å². The summed E-state index contributed by atoms with van der Waals surface area (Å²) in [5.74, 6) is 1.51. The molecule has 0 N–H and O–H groups in total. The molecule has 3 heterocycles. The number of aryl methyl sites for hydroxylation is 2. The zero-order chi connectivity index (χ0) is 12.5. The van der Waals surface area contributed by atoms with Crippen LogP contribution >= 0.6 is 0 Å². The van der Waals surface area contributed by atoms with E-state index in [4.69, 9.17) is 0 Å². The fourth-order valence-corrected chi connectivity index (χ4v) is 2.37. The maximum absolute atomic E-state index is 4.48. The smallest absolute Gasteiger partial charge is 0.225 e. The summed E-state index contributed by atoms with van der Waals surface area (Å²) in [6.45, 7) is 7.04. The maximum Gasteiger partial charge on any atom is 0.225 e. The SMILES string of the molecule is Cc1cc(C)nc(N2CC(Cn3cccn3)C2)n1. The first-order chi connectivity index (χ1) is 8.70. The summed E-state index contributed by atoms with van der Waals surface area (Å²) in [5.41, 5.74) is 2.07. The minimum Gasteiger partial charge on any atom is -0.340 e. The molecule has 3 rings (SSSR count). The van der Waals surface area contributed by atoms with E-state index in [0.29, 0.717) is 5.92 Å². The maximum atomic E-state index is 4.48. The highest BCUT2D eigenvalue weighted by molar-refractivity contribution is 5.35. The lowest BCUT2D eigenvalue weighted by Gasteiger charge is -2.39. The third-order valence-electron chi connectivity index (χ3n) is 3.21. The molecule has 1 aliphatic rings. The van der Waals surface area contributed by atoms with Gasteiger partial charge in [-0.1, -0.05) is 0 Å².